The second kappa shape index (κ2) is 5.94. The summed E-state index contributed by atoms with van der Waals surface area (Å²) in [7, 11) is -4.30. The van der Waals surface area contributed by atoms with Gasteiger partial charge >= 0.3 is 5.97 Å². The van der Waals surface area contributed by atoms with Crippen molar-refractivity contribution in [3.8, 4) is 0 Å². The Morgan fingerprint density at radius 1 is 1.50 bits per heavy atom. The van der Waals surface area contributed by atoms with E-state index in [0.717, 1.165) is 12.1 Å². The molecule has 20 heavy (non-hydrogen) atoms. The Morgan fingerprint density at radius 3 is 2.55 bits per heavy atom. The molecule has 10 heteroatoms. The molecule has 0 aliphatic heterocycles. The third-order valence-electron chi connectivity index (χ3n) is 2.52. The SMILES string of the molecule is Cc1c([N+](=O)[O-])cccc1S(=O)(=O)N[C@@H](CO)C(=O)O. The van der Waals surface area contributed by atoms with Gasteiger partial charge in [-0.05, 0) is 13.0 Å². The van der Waals surface area contributed by atoms with E-state index in [4.69, 9.17) is 10.2 Å². The highest BCUT2D eigenvalue weighted by Gasteiger charge is 2.28. The van der Waals surface area contributed by atoms with Crippen LogP contribution in [-0.4, -0.2) is 42.2 Å². The van der Waals surface area contributed by atoms with Gasteiger partial charge < -0.3 is 10.2 Å². The van der Waals surface area contributed by atoms with Crippen LogP contribution in [0.5, 0.6) is 0 Å². The molecule has 110 valence electrons. The highest BCUT2D eigenvalue weighted by atomic mass is 32.2. The normalized spacial score (nSPS) is 12.9. The summed E-state index contributed by atoms with van der Waals surface area (Å²) in [6.45, 7) is 0.296. The van der Waals surface area contributed by atoms with Gasteiger partial charge in [0.2, 0.25) is 10.0 Å². The van der Waals surface area contributed by atoms with Gasteiger partial charge in [0.15, 0.2) is 0 Å². The average Bonchev–Trinajstić information content (AvgIpc) is 2.35. The lowest BCUT2D eigenvalue weighted by Gasteiger charge is -2.13. The van der Waals surface area contributed by atoms with Crippen molar-refractivity contribution in [2.24, 2.45) is 0 Å². The zero-order valence-corrected chi connectivity index (χ0v) is 11.1. The van der Waals surface area contributed by atoms with Gasteiger partial charge in [-0.15, -0.1) is 0 Å². The zero-order chi connectivity index (χ0) is 15.5. The van der Waals surface area contributed by atoms with Crippen molar-refractivity contribution in [3.05, 3.63) is 33.9 Å². The third kappa shape index (κ3) is 3.29. The summed E-state index contributed by atoms with van der Waals surface area (Å²) < 4.78 is 25.8. The Bertz CT molecular complexity index is 641. The number of nitro groups is 1. The van der Waals surface area contributed by atoms with E-state index < -0.39 is 44.1 Å². The largest absolute Gasteiger partial charge is 0.480 e. The van der Waals surface area contributed by atoms with Gasteiger partial charge in [0.25, 0.3) is 5.69 Å². The first-order valence-corrected chi connectivity index (χ1v) is 6.79. The molecule has 1 rings (SSSR count). The van der Waals surface area contributed by atoms with E-state index >= 15 is 0 Å². The fourth-order valence-corrected chi connectivity index (χ4v) is 2.95. The number of nitrogens with one attached hydrogen (secondary N) is 1. The number of carboxylic acids is 1. The molecule has 0 spiro atoms. The predicted molar refractivity (Wildman–Crippen MR) is 66.7 cm³/mol. The lowest BCUT2D eigenvalue weighted by Crippen LogP contribution is -2.43. The molecule has 0 saturated carbocycles. The van der Waals surface area contributed by atoms with E-state index in [1.807, 2.05) is 0 Å². The fraction of sp³-hybridized carbons (Fsp3) is 0.300. The number of hydrogen-bond acceptors (Lipinski definition) is 6. The number of aliphatic hydroxyl groups is 1. The fourth-order valence-electron chi connectivity index (χ4n) is 1.51. The second-order valence-electron chi connectivity index (χ2n) is 3.85. The summed E-state index contributed by atoms with van der Waals surface area (Å²) in [5, 5.41) is 28.2. The van der Waals surface area contributed by atoms with Crippen LogP contribution in [0.15, 0.2) is 23.1 Å². The van der Waals surface area contributed by atoms with Crippen molar-refractivity contribution in [1.82, 2.24) is 4.72 Å². The Kier molecular flexibility index (Phi) is 4.76. The van der Waals surface area contributed by atoms with Gasteiger partial charge in [-0.2, -0.15) is 4.72 Å². The second-order valence-corrected chi connectivity index (χ2v) is 5.53. The maximum absolute atomic E-state index is 12.0. The minimum absolute atomic E-state index is 0.118. The first-order chi connectivity index (χ1) is 9.20. The van der Waals surface area contributed by atoms with Crippen LogP contribution in [0.2, 0.25) is 0 Å². The molecule has 0 fully saturated rings. The molecular weight excluding hydrogens is 292 g/mol. The molecule has 0 saturated heterocycles. The quantitative estimate of drug-likeness (QED) is 0.479. The number of benzene rings is 1. The molecule has 0 bridgehead atoms. The van der Waals surface area contributed by atoms with Gasteiger partial charge in [0.1, 0.15) is 6.04 Å². The Hall–Kier alpha value is -2.04. The molecule has 0 heterocycles. The lowest BCUT2D eigenvalue weighted by atomic mass is 10.2. The molecular formula is C10H12N2O7S. The lowest BCUT2D eigenvalue weighted by molar-refractivity contribution is -0.385. The first-order valence-electron chi connectivity index (χ1n) is 5.30. The van der Waals surface area contributed by atoms with Crippen molar-refractivity contribution in [3.63, 3.8) is 0 Å². The van der Waals surface area contributed by atoms with Crippen molar-refractivity contribution in [2.45, 2.75) is 17.9 Å². The Balaban J connectivity index is 3.26. The molecule has 0 radical (unpaired) electrons. The number of carboxylic acid groups (broad SMARTS) is 1. The number of aliphatic hydroxyl groups excluding tert-OH is 1. The molecule has 9 nitrogen and oxygen atoms in total. The average molecular weight is 304 g/mol. The van der Waals surface area contributed by atoms with Gasteiger partial charge in [-0.25, -0.2) is 8.42 Å². The van der Waals surface area contributed by atoms with Gasteiger partial charge in [-0.3, -0.25) is 14.9 Å². The topological polar surface area (TPSA) is 147 Å². The van der Waals surface area contributed by atoms with Crippen molar-refractivity contribution < 1.29 is 28.3 Å². The van der Waals surface area contributed by atoms with Crippen LogP contribution >= 0.6 is 0 Å². The standard InChI is InChI=1S/C10H12N2O7S/c1-6-8(12(16)17)3-2-4-9(6)20(18,19)11-7(5-13)10(14)15/h2-4,7,11,13H,5H2,1H3,(H,14,15)/t7-/m0/s1. The molecule has 0 amide bonds. The molecule has 1 aromatic carbocycles. The van der Waals surface area contributed by atoms with E-state index in [2.05, 4.69) is 0 Å². The minimum Gasteiger partial charge on any atom is -0.480 e. The molecule has 1 atom stereocenters. The minimum atomic E-state index is -4.30. The molecule has 0 unspecified atom stereocenters. The Morgan fingerprint density at radius 2 is 2.10 bits per heavy atom. The van der Waals surface area contributed by atoms with Crippen molar-refractivity contribution in [1.29, 1.82) is 0 Å². The van der Waals surface area contributed by atoms with E-state index in [-0.39, 0.29) is 5.56 Å². The molecule has 0 aliphatic rings. The van der Waals surface area contributed by atoms with Crippen LogP contribution in [0.3, 0.4) is 0 Å². The number of aliphatic carboxylic acids is 1. The van der Waals surface area contributed by atoms with Gasteiger partial charge in [0.05, 0.1) is 16.4 Å². The Labute approximate surface area is 114 Å². The first kappa shape index (κ1) is 16.0. The van der Waals surface area contributed by atoms with Crippen LogP contribution in [-0.2, 0) is 14.8 Å². The number of nitrogens with zero attached hydrogens (tertiary/aromatic N) is 1. The maximum Gasteiger partial charge on any atom is 0.324 e. The van der Waals surface area contributed by atoms with Crippen LogP contribution in [0.25, 0.3) is 0 Å². The summed E-state index contributed by atoms with van der Waals surface area (Å²) in [6.07, 6.45) is 0. The van der Waals surface area contributed by atoms with E-state index in [0.29, 0.717) is 0 Å². The molecule has 0 aliphatic carbocycles. The summed E-state index contributed by atoms with van der Waals surface area (Å²) in [5.41, 5.74) is -0.518. The summed E-state index contributed by atoms with van der Waals surface area (Å²) in [5.74, 6) is -1.56. The van der Waals surface area contributed by atoms with Crippen molar-refractivity contribution >= 4 is 21.7 Å². The number of nitro benzene ring substituents is 1. The highest BCUT2D eigenvalue weighted by molar-refractivity contribution is 7.89. The maximum atomic E-state index is 12.0. The summed E-state index contributed by atoms with van der Waals surface area (Å²) in [4.78, 5) is 20.3. The van der Waals surface area contributed by atoms with E-state index in [9.17, 15) is 23.3 Å². The monoisotopic (exact) mass is 304 g/mol. The smallest absolute Gasteiger partial charge is 0.324 e. The number of carbonyl (C=O) groups is 1. The zero-order valence-electron chi connectivity index (χ0n) is 10.3. The summed E-state index contributed by atoms with van der Waals surface area (Å²) >= 11 is 0. The van der Waals surface area contributed by atoms with Crippen LogP contribution in [0.1, 0.15) is 5.56 Å². The summed E-state index contributed by atoms with van der Waals surface area (Å²) in [6, 6.07) is 1.70. The number of hydrogen-bond donors (Lipinski definition) is 3. The predicted octanol–water partition coefficient (Wildman–Crippen LogP) is -0.373. The van der Waals surface area contributed by atoms with Crippen LogP contribution in [0, 0.1) is 17.0 Å². The molecule has 1 aromatic rings. The van der Waals surface area contributed by atoms with Gasteiger partial charge in [-0.1, -0.05) is 6.07 Å². The van der Waals surface area contributed by atoms with Crippen molar-refractivity contribution in [2.75, 3.05) is 6.61 Å². The number of sulfonamides is 1. The highest BCUT2D eigenvalue weighted by Crippen LogP contribution is 2.24. The third-order valence-corrected chi connectivity index (χ3v) is 4.14. The van der Waals surface area contributed by atoms with E-state index in [1.54, 1.807) is 4.72 Å². The van der Waals surface area contributed by atoms with Crippen LogP contribution < -0.4 is 4.72 Å². The van der Waals surface area contributed by atoms with E-state index in [1.165, 1.54) is 13.0 Å². The van der Waals surface area contributed by atoms with Crippen LogP contribution in [0.4, 0.5) is 5.69 Å². The molecule has 3 N–H and O–H groups in total. The number of rotatable bonds is 6. The molecule has 0 aromatic heterocycles. The van der Waals surface area contributed by atoms with Gasteiger partial charge in [0, 0.05) is 11.6 Å².